The first-order chi connectivity index (χ1) is 12.0. The van der Waals surface area contributed by atoms with Crippen LogP contribution in [0.1, 0.15) is 26.8 Å². The van der Waals surface area contributed by atoms with E-state index >= 15 is 0 Å². The summed E-state index contributed by atoms with van der Waals surface area (Å²) in [6, 6.07) is 5.86. The van der Waals surface area contributed by atoms with Gasteiger partial charge in [-0.25, -0.2) is 4.98 Å². The first-order valence-electron chi connectivity index (χ1n) is 8.30. The minimum absolute atomic E-state index is 0.0296. The molecule has 0 aliphatic rings. The summed E-state index contributed by atoms with van der Waals surface area (Å²) in [6.07, 6.45) is 5.74. The Labute approximate surface area is 144 Å². The number of nitrogen functional groups attached to an aromatic ring is 1. The van der Waals surface area contributed by atoms with Gasteiger partial charge in [0, 0.05) is 30.2 Å². The van der Waals surface area contributed by atoms with E-state index in [1.807, 2.05) is 48.1 Å². The number of pyridine rings is 2. The predicted octanol–water partition coefficient (Wildman–Crippen LogP) is 2.84. The lowest BCUT2D eigenvalue weighted by atomic mass is 10.0. The van der Waals surface area contributed by atoms with Gasteiger partial charge in [-0.1, -0.05) is 19.9 Å². The number of hydrogen-bond acceptors (Lipinski definition) is 4. The maximum absolute atomic E-state index is 12.9. The minimum Gasteiger partial charge on any atom is -0.382 e. The number of H-pyrrole nitrogens is 1. The van der Waals surface area contributed by atoms with Crippen molar-refractivity contribution in [1.29, 1.82) is 0 Å². The number of nitrogens with zero attached hydrogens (tertiary/aromatic N) is 4. The molecule has 0 spiro atoms. The van der Waals surface area contributed by atoms with Crippen LogP contribution in [0.5, 0.6) is 0 Å². The minimum atomic E-state index is -0.130. The second kappa shape index (κ2) is 5.47. The SMILES string of the molecule is CC(C)[C@H](C)n1cc(-c2cn3ccccc3n2)c2[nH]nc(N)c2c1=O. The summed E-state index contributed by atoms with van der Waals surface area (Å²) in [7, 11) is 0. The molecule has 4 rings (SSSR count). The summed E-state index contributed by atoms with van der Waals surface area (Å²) in [5.41, 5.74) is 8.88. The Morgan fingerprint density at radius 2 is 2.00 bits per heavy atom. The Morgan fingerprint density at radius 3 is 2.72 bits per heavy atom. The lowest BCUT2D eigenvalue weighted by Crippen LogP contribution is -2.26. The number of fused-ring (bicyclic) bond motifs is 2. The molecule has 0 saturated heterocycles. The van der Waals surface area contributed by atoms with E-state index in [9.17, 15) is 4.79 Å². The molecule has 0 unspecified atom stereocenters. The van der Waals surface area contributed by atoms with Crippen molar-refractivity contribution in [3.05, 3.63) is 47.1 Å². The number of imidazole rings is 1. The maximum Gasteiger partial charge on any atom is 0.264 e. The van der Waals surface area contributed by atoms with E-state index in [4.69, 9.17) is 5.73 Å². The first-order valence-corrected chi connectivity index (χ1v) is 8.30. The van der Waals surface area contributed by atoms with Crippen LogP contribution < -0.4 is 11.3 Å². The standard InChI is InChI=1S/C18H20N6O/c1-10(2)11(3)24-8-12(16-15(18(24)25)17(19)22-21-16)13-9-23-7-5-4-6-14(23)20-13/h4-11H,1-3H3,(H3,19,21,22)/t11-/m0/s1. The summed E-state index contributed by atoms with van der Waals surface area (Å²) < 4.78 is 3.68. The van der Waals surface area contributed by atoms with Crippen LogP contribution in [-0.2, 0) is 0 Å². The second-order valence-corrected chi connectivity index (χ2v) is 6.69. The van der Waals surface area contributed by atoms with Gasteiger partial charge in [0.05, 0.1) is 11.2 Å². The molecule has 4 aromatic rings. The van der Waals surface area contributed by atoms with Gasteiger partial charge in [-0.2, -0.15) is 5.10 Å². The van der Waals surface area contributed by atoms with Crippen LogP contribution >= 0.6 is 0 Å². The van der Waals surface area contributed by atoms with Crippen LogP contribution in [0.2, 0.25) is 0 Å². The molecule has 3 N–H and O–H groups in total. The predicted molar refractivity (Wildman–Crippen MR) is 98.5 cm³/mol. The van der Waals surface area contributed by atoms with Crippen molar-refractivity contribution >= 4 is 22.4 Å². The molecule has 1 atom stereocenters. The lowest BCUT2D eigenvalue weighted by molar-refractivity contribution is 0.400. The van der Waals surface area contributed by atoms with Crippen LogP contribution in [0, 0.1) is 5.92 Å². The van der Waals surface area contributed by atoms with Gasteiger partial charge >= 0.3 is 0 Å². The summed E-state index contributed by atoms with van der Waals surface area (Å²) in [6.45, 7) is 6.21. The number of aromatic nitrogens is 5. The van der Waals surface area contributed by atoms with Gasteiger partial charge in [0.15, 0.2) is 5.82 Å². The van der Waals surface area contributed by atoms with Crippen molar-refractivity contribution in [3.63, 3.8) is 0 Å². The highest BCUT2D eigenvalue weighted by molar-refractivity contribution is 5.97. The number of hydrogen-bond donors (Lipinski definition) is 2. The molecule has 128 valence electrons. The highest BCUT2D eigenvalue weighted by Gasteiger charge is 2.20. The Balaban J connectivity index is 2.06. The van der Waals surface area contributed by atoms with E-state index in [2.05, 4.69) is 29.0 Å². The Bertz CT molecular complexity index is 1100. The van der Waals surface area contributed by atoms with Gasteiger partial charge in [0.1, 0.15) is 11.0 Å². The van der Waals surface area contributed by atoms with E-state index < -0.39 is 0 Å². The number of aromatic amines is 1. The number of nitrogens with two attached hydrogens (primary N) is 1. The molecule has 7 heteroatoms. The van der Waals surface area contributed by atoms with Crippen molar-refractivity contribution in [2.75, 3.05) is 5.73 Å². The molecule has 4 aromatic heterocycles. The second-order valence-electron chi connectivity index (χ2n) is 6.69. The van der Waals surface area contributed by atoms with Gasteiger partial charge in [-0.15, -0.1) is 0 Å². The molecular formula is C18H20N6O. The van der Waals surface area contributed by atoms with Crippen molar-refractivity contribution < 1.29 is 0 Å². The summed E-state index contributed by atoms with van der Waals surface area (Å²) in [5, 5.41) is 7.36. The lowest BCUT2D eigenvalue weighted by Gasteiger charge is -2.20. The molecule has 25 heavy (non-hydrogen) atoms. The Morgan fingerprint density at radius 1 is 1.20 bits per heavy atom. The van der Waals surface area contributed by atoms with Crippen molar-refractivity contribution in [2.45, 2.75) is 26.8 Å². The Hall–Kier alpha value is -3.09. The van der Waals surface area contributed by atoms with Crippen LogP contribution in [0.4, 0.5) is 5.82 Å². The molecule has 0 aliphatic heterocycles. The van der Waals surface area contributed by atoms with Gasteiger partial charge in [0.25, 0.3) is 5.56 Å². The van der Waals surface area contributed by atoms with Crippen molar-refractivity contribution in [3.8, 4) is 11.3 Å². The van der Waals surface area contributed by atoms with Crippen LogP contribution in [-0.4, -0.2) is 24.1 Å². The van der Waals surface area contributed by atoms with Crippen molar-refractivity contribution in [2.24, 2.45) is 5.92 Å². The van der Waals surface area contributed by atoms with Gasteiger partial charge in [-0.05, 0) is 25.0 Å². The highest BCUT2D eigenvalue weighted by atomic mass is 16.1. The quantitative estimate of drug-likeness (QED) is 0.601. The third kappa shape index (κ3) is 2.31. The van der Waals surface area contributed by atoms with Gasteiger partial charge < -0.3 is 14.7 Å². The molecule has 0 aliphatic carbocycles. The van der Waals surface area contributed by atoms with E-state index in [1.165, 1.54) is 0 Å². The molecule has 7 nitrogen and oxygen atoms in total. The topological polar surface area (TPSA) is 94.0 Å². The summed E-state index contributed by atoms with van der Waals surface area (Å²) in [4.78, 5) is 17.6. The van der Waals surface area contributed by atoms with Gasteiger partial charge in [-0.3, -0.25) is 9.89 Å². The normalized spacial score (nSPS) is 13.1. The first kappa shape index (κ1) is 15.4. The third-order valence-corrected chi connectivity index (χ3v) is 4.82. The summed E-state index contributed by atoms with van der Waals surface area (Å²) >= 11 is 0. The van der Waals surface area contributed by atoms with Crippen LogP contribution in [0.3, 0.4) is 0 Å². The van der Waals surface area contributed by atoms with E-state index in [0.29, 0.717) is 16.8 Å². The molecule has 0 saturated carbocycles. The monoisotopic (exact) mass is 336 g/mol. The largest absolute Gasteiger partial charge is 0.382 e. The zero-order valence-corrected chi connectivity index (χ0v) is 14.4. The number of nitrogens with one attached hydrogen (secondary N) is 1. The maximum atomic E-state index is 12.9. The van der Waals surface area contributed by atoms with Crippen molar-refractivity contribution in [1.82, 2.24) is 24.1 Å². The fraction of sp³-hybridized carbons (Fsp3) is 0.278. The number of rotatable bonds is 3. The molecule has 4 heterocycles. The average Bonchev–Trinajstić information content (AvgIpc) is 3.18. The fourth-order valence-corrected chi connectivity index (χ4v) is 3.04. The molecule has 0 radical (unpaired) electrons. The average molecular weight is 336 g/mol. The van der Waals surface area contributed by atoms with E-state index in [1.54, 1.807) is 4.57 Å². The molecule has 0 bridgehead atoms. The zero-order valence-electron chi connectivity index (χ0n) is 14.4. The molecule has 0 aromatic carbocycles. The fourth-order valence-electron chi connectivity index (χ4n) is 3.04. The van der Waals surface area contributed by atoms with Crippen LogP contribution in [0.15, 0.2) is 41.6 Å². The summed E-state index contributed by atoms with van der Waals surface area (Å²) in [5.74, 6) is 0.521. The zero-order chi connectivity index (χ0) is 17.7. The Kier molecular flexibility index (Phi) is 3.38. The van der Waals surface area contributed by atoms with Gasteiger partial charge in [0.2, 0.25) is 0 Å². The number of anilines is 1. The molecule has 0 fully saturated rings. The smallest absolute Gasteiger partial charge is 0.264 e. The van der Waals surface area contributed by atoms with E-state index in [-0.39, 0.29) is 17.4 Å². The molecular weight excluding hydrogens is 316 g/mol. The highest BCUT2D eigenvalue weighted by Crippen LogP contribution is 2.29. The van der Waals surface area contributed by atoms with E-state index in [0.717, 1.165) is 16.9 Å². The molecule has 0 amide bonds. The third-order valence-electron chi connectivity index (χ3n) is 4.82. The van der Waals surface area contributed by atoms with Crippen LogP contribution in [0.25, 0.3) is 27.8 Å².